The lowest BCUT2D eigenvalue weighted by Gasteiger charge is -2.10. The number of nitrogens with zero attached hydrogens (tertiary/aromatic N) is 4. The largest absolute Gasteiger partial charge is 0.465 e. The summed E-state index contributed by atoms with van der Waals surface area (Å²) in [7, 11) is 1.27. The van der Waals surface area contributed by atoms with Gasteiger partial charge in [0, 0.05) is 16.1 Å². The summed E-state index contributed by atoms with van der Waals surface area (Å²) in [6.45, 7) is 0. The number of hydrogen-bond acceptors (Lipinski definition) is 9. The predicted molar refractivity (Wildman–Crippen MR) is 116 cm³/mol. The number of fused-ring (bicyclic) bond motifs is 1. The number of carbonyl (C=O) groups excluding carboxylic acids is 1. The van der Waals surface area contributed by atoms with Crippen molar-refractivity contribution in [2.75, 3.05) is 7.11 Å². The Morgan fingerprint density at radius 1 is 1.00 bits per heavy atom. The van der Waals surface area contributed by atoms with Crippen molar-refractivity contribution < 1.29 is 23.9 Å². The number of methoxy groups -OCH3 is 1. The van der Waals surface area contributed by atoms with E-state index in [1.807, 2.05) is 6.07 Å². The van der Waals surface area contributed by atoms with Crippen molar-refractivity contribution in [2.45, 2.75) is 0 Å². The summed E-state index contributed by atoms with van der Waals surface area (Å²) in [5, 5.41) is 12.6. The molecule has 0 amide bonds. The second kappa shape index (κ2) is 8.94. The van der Waals surface area contributed by atoms with Crippen molar-refractivity contribution in [1.29, 1.82) is 0 Å². The molecule has 10 nitrogen and oxygen atoms in total. The third kappa shape index (κ3) is 4.18. The van der Waals surface area contributed by atoms with Gasteiger partial charge >= 0.3 is 23.4 Å². The van der Waals surface area contributed by atoms with E-state index >= 15 is 0 Å². The Morgan fingerprint density at radius 2 is 1.72 bits per heavy atom. The zero-order chi connectivity index (χ0) is 22.7. The van der Waals surface area contributed by atoms with Gasteiger partial charge in [-0.15, -0.1) is 0 Å². The van der Waals surface area contributed by atoms with Gasteiger partial charge in [-0.1, -0.05) is 22.0 Å². The molecule has 2 heterocycles. The molecule has 0 fully saturated rings. The quantitative estimate of drug-likeness (QED) is 0.204. The maximum atomic E-state index is 11.8. The Balaban J connectivity index is 1.70. The van der Waals surface area contributed by atoms with E-state index in [2.05, 4.69) is 35.6 Å². The van der Waals surface area contributed by atoms with Crippen molar-refractivity contribution in [3.05, 3.63) is 81.2 Å². The van der Waals surface area contributed by atoms with E-state index < -0.39 is 16.6 Å². The first kappa shape index (κ1) is 21.1. The Morgan fingerprint density at radius 3 is 2.41 bits per heavy atom. The van der Waals surface area contributed by atoms with Crippen LogP contribution in [0.25, 0.3) is 10.9 Å². The SMILES string of the molecule is COC(=O)c1ccc(Oc2ncnc(Oc3ccc(Br)c4cccnc34)c2[N+](=O)[O-])cc1. The molecule has 0 aliphatic heterocycles. The number of hydrogen-bond donors (Lipinski definition) is 0. The molecule has 0 bridgehead atoms. The maximum Gasteiger partial charge on any atom is 0.393 e. The lowest BCUT2D eigenvalue weighted by Crippen LogP contribution is -2.02. The number of rotatable bonds is 6. The minimum absolute atomic E-state index is 0.223. The van der Waals surface area contributed by atoms with Crippen LogP contribution in [0.3, 0.4) is 0 Å². The fourth-order valence-electron chi connectivity index (χ4n) is 2.84. The van der Waals surface area contributed by atoms with Gasteiger partial charge in [0.25, 0.3) is 0 Å². The van der Waals surface area contributed by atoms with Gasteiger partial charge in [0.1, 0.15) is 17.6 Å². The highest BCUT2D eigenvalue weighted by atomic mass is 79.9. The Kier molecular flexibility index (Phi) is 5.90. The van der Waals surface area contributed by atoms with Gasteiger partial charge in [-0.3, -0.25) is 15.1 Å². The van der Waals surface area contributed by atoms with E-state index in [-0.39, 0.29) is 23.3 Å². The first-order valence-corrected chi connectivity index (χ1v) is 9.84. The number of aromatic nitrogens is 3. The maximum absolute atomic E-state index is 11.8. The lowest BCUT2D eigenvalue weighted by atomic mass is 10.2. The summed E-state index contributed by atoms with van der Waals surface area (Å²) in [6.07, 6.45) is 2.68. The van der Waals surface area contributed by atoms with Crippen molar-refractivity contribution in [1.82, 2.24) is 15.0 Å². The summed E-state index contributed by atoms with van der Waals surface area (Å²) in [5.41, 5.74) is 0.239. The molecule has 0 saturated carbocycles. The standard InChI is InChI=1S/C21H13BrN4O6/c1-30-21(27)12-4-6-13(7-5-12)31-19-18(26(28)29)20(25-11-24-19)32-16-9-8-15(22)14-3-2-10-23-17(14)16/h2-11H,1H3. The van der Waals surface area contributed by atoms with Gasteiger partial charge in [-0.05, 0) is 42.5 Å². The smallest absolute Gasteiger partial charge is 0.393 e. The van der Waals surface area contributed by atoms with Crippen LogP contribution in [0, 0.1) is 10.1 Å². The average molecular weight is 497 g/mol. The van der Waals surface area contributed by atoms with Crippen LogP contribution in [0.2, 0.25) is 0 Å². The number of ether oxygens (including phenoxy) is 3. The Hall–Kier alpha value is -4.12. The normalized spacial score (nSPS) is 10.6. The Bertz CT molecular complexity index is 1330. The van der Waals surface area contributed by atoms with Gasteiger partial charge < -0.3 is 14.2 Å². The summed E-state index contributed by atoms with van der Waals surface area (Å²) < 4.78 is 16.8. The van der Waals surface area contributed by atoms with Gasteiger partial charge in [0.2, 0.25) is 0 Å². The highest BCUT2D eigenvalue weighted by molar-refractivity contribution is 9.10. The molecule has 4 aromatic rings. The van der Waals surface area contributed by atoms with Crippen LogP contribution >= 0.6 is 15.9 Å². The number of nitro groups is 1. The fraction of sp³-hybridized carbons (Fsp3) is 0.0476. The molecule has 0 atom stereocenters. The summed E-state index contributed by atoms with van der Waals surface area (Å²) in [4.78, 5) is 34.8. The van der Waals surface area contributed by atoms with Crippen LogP contribution in [-0.4, -0.2) is 33.0 Å². The molecule has 2 aromatic heterocycles. The highest BCUT2D eigenvalue weighted by Gasteiger charge is 2.28. The third-order valence-corrected chi connectivity index (χ3v) is 5.01. The summed E-state index contributed by atoms with van der Waals surface area (Å²) in [5.74, 6) is -0.642. The topological polar surface area (TPSA) is 127 Å². The van der Waals surface area contributed by atoms with Crippen LogP contribution < -0.4 is 9.47 Å². The van der Waals surface area contributed by atoms with Crippen LogP contribution in [0.5, 0.6) is 23.3 Å². The van der Waals surface area contributed by atoms with E-state index in [4.69, 9.17) is 9.47 Å². The number of pyridine rings is 1. The van der Waals surface area contributed by atoms with E-state index in [0.717, 1.165) is 16.2 Å². The monoisotopic (exact) mass is 496 g/mol. The number of benzene rings is 2. The Labute approximate surface area is 189 Å². The number of esters is 1. The molecule has 0 saturated heterocycles. The van der Waals surface area contributed by atoms with E-state index in [1.165, 1.54) is 31.4 Å². The molecular formula is C21H13BrN4O6. The zero-order valence-electron chi connectivity index (χ0n) is 16.4. The molecule has 0 aliphatic rings. The van der Waals surface area contributed by atoms with Crippen molar-refractivity contribution in [3.8, 4) is 23.3 Å². The highest BCUT2D eigenvalue weighted by Crippen LogP contribution is 2.39. The first-order chi connectivity index (χ1) is 15.5. The van der Waals surface area contributed by atoms with E-state index in [0.29, 0.717) is 11.1 Å². The molecule has 2 aromatic carbocycles. The molecule has 0 spiro atoms. The van der Waals surface area contributed by atoms with Crippen LogP contribution in [-0.2, 0) is 4.74 Å². The summed E-state index contributed by atoms with van der Waals surface area (Å²) in [6, 6.07) is 12.8. The van der Waals surface area contributed by atoms with Gasteiger partial charge in [-0.2, -0.15) is 9.97 Å². The minimum atomic E-state index is -0.692. The van der Waals surface area contributed by atoms with Gasteiger partial charge in [-0.25, -0.2) is 4.79 Å². The molecule has 0 radical (unpaired) electrons. The second-order valence-electron chi connectivity index (χ2n) is 6.25. The lowest BCUT2D eigenvalue weighted by molar-refractivity contribution is -0.387. The van der Waals surface area contributed by atoms with E-state index in [1.54, 1.807) is 24.4 Å². The predicted octanol–water partition coefficient (Wildman–Crippen LogP) is 5.07. The molecular weight excluding hydrogens is 484 g/mol. The zero-order valence-corrected chi connectivity index (χ0v) is 18.0. The van der Waals surface area contributed by atoms with Crippen molar-refractivity contribution in [2.24, 2.45) is 0 Å². The summed E-state index contributed by atoms with van der Waals surface area (Å²) >= 11 is 3.44. The molecule has 4 rings (SSSR count). The van der Waals surface area contributed by atoms with Gasteiger partial charge in [0.05, 0.1) is 17.6 Å². The molecule has 160 valence electrons. The number of halogens is 1. The van der Waals surface area contributed by atoms with Crippen molar-refractivity contribution in [3.63, 3.8) is 0 Å². The third-order valence-electron chi connectivity index (χ3n) is 4.31. The van der Waals surface area contributed by atoms with Gasteiger partial charge in [0.15, 0.2) is 5.75 Å². The first-order valence-electron chi connectivity index (χ1n) is 9.04. The van der Waals surface area contributed by atoms with Crippen LogP contribution in [0.1, 0.15) is 10.4 Å². The minimum Gasteiger partial charge on any atom is -0.465 e. The van der Waals surface area contributed by atoms with Crippen molar-refractivity contribution >= 4 is 38.5 Å². The van der Waals surface area contributed by atoms with Crippen LogP contribution in [0.15, 0.2) is 65.5 Å². The fourth-order valence-corrected chi connectivity index (χ4v) is 3.29. The number of carbonyl (C=O) groups is 1. The molecule has 0 aliphatic carbocycles. The molecule has 0 N–H and O–H groups in total. The molecule has 11 heteroatoms. The van der Waals surface area contributed by atoms with E-state index in [9.17, 15) is 14.9 Å². The van der Waals surface area contributed by atoms with Crippen LogP contribution in [0.4, 0.5) is 5.69 Å². The average Bonchev–Trinajstić information content (AvgIpc) is 2.81. The molecule has 32 heavy (non-hydrogen) atoms. The molecule has 0 unspecified atom stereocenters. The second-order valence-corrected chi connectivity index (χ2v) is 7.11.